The molecule has 0 bridgehead atoms. The minimum atomic E-state index is -0.255. The minimum Gasteiger partial charge on any atom is -0.456 e. The number of benzene rings is 8. The molecule has 45 heavy (non-hydrogen) atoms. The second kappa shape index (κ2) is 10.4. The molecule has 9 aromatic rings. The summed E-state index contributed by atoms with van der Waals surface area (Å²) in [6.45, 7) is 0. The highest BCUT2D eigenvalue weighted by atomic mass is 16.3. The van der Waals surface area contributed by atoms with Gasteiger partial charge in [-0.25, -0.2) is 0 Å². The molecule has 0 amide bonds. The lowest BCUT2D eigenvalue weighted by Crippen LogP contribution is -1.95. The maximum absolute atomic E-state index is 9.51. The van der Waals surface area contributed by atoms with Gasteiger partial charge in [-0.1, -0.05) is 152 Å². The normalized spacial score (nSPS) is 12.8. The Bertz CT molecular complexity index is 2690. The molecule has 1 heteroatoms. The number of para-hydroxylation sites is 1. The van der Waals surface area contributed by atoms with Crippen molar-refractivity contribution in [3.8, 4) is 44.5 Å². The Morgan fingerprint density at radius 3 is 1.56 bits per heavy atom. The fraction of sp³-hybridized carbons (Fsp3) is 0. The second-order valence-electron chi connectivity index (χ2n) is 11.3. The van der Waals surface area contributed by atoms with Crippen molar-refractivity contribution in [2.45, 2.75) is 0 Å². The van der Waals surface area contributed by atoms with E-state index in [2.05, 4.69) is 60.7 Å². The van der Waals surface area contributed by atoms with Crippen molar-refractivity contribution in [3.05, 3.63) is 170 Å². The minimum absolute atomic E-state index is 0.0604. The van der Waals surface area contributed by atoms with Gasteiger partial charge in [-0.2, -0.15) is 0 Å². The van der Waals surface area contributed by atoms with Gasteiger partial charge in [0, 0.05) is 10.8 Å². The lowest BCUT2D eigenvalue weighted by Gasteiger charge is -2.22. The van der Waals surface area contributed by atoms with E-state index in [1.807, 2.05) is 84.9 Å². The molecule has 1 nitrogen and oxygen atoms in total. The highest BCUT2D eigenvalue weighted by Crippen LogP contribution is 2.49. The van der Waals surface area contributed by atoms with Crippen LogP contribution in [0.1, 0.15) is 5.48 Å². The van der Waals surface area contributed by atoms with Crippen LogP contribution in [0.2, 0.25) is 0 Å². The molecule has 0 radical (unpaired) electrons. The second-order valence-corrected chi connectivity index (χ2v) is 11.3. The molecule has 0 aliphatic carbocycles. The summed E-state index contributed by atoms with van der Waals surface area (Å²) in [5, 5.41) is 4.76. The van der Waals surface area contributed by atoms with Gasteiger partial charge < -0.3 is 4.42 Å². The van der Waals surface area contributed by atoms with Crippen molar-refractivity contribution in [2.75, 3.05) is 0 Å². The van der Waals surface area contributed by atoms with E-state index in [0.29, 0.717) is 10.8 Å². The predicted octanol–water partition coefficient (Wildman–Crippen LogP) is 12.6. The number of hydrogen-bond acceptors (Lipinski definition) is 1. The highest BCUT2D eigenvalue weighted by molar-refractivity contribution is 6.24. The molecule has 0 fully saturated rings. The molecule has 0 spiro atoms. The summed E-state index contributed by atoms with van der Waals surface area (Å²) in [7, 11) is 0. The third-order valence-electron chi connectivity index (χ3n) is 8.80. The number of furan rings is 1. The summed E-state index contributed by atoms with van der Waals surface area (Å²) in [6.07, 6.45) is 0. The average molecular weight is 577 g/mol. The van der Waals surface area contributed by atoms with Gasteiger partial charge in [-0.3, -0.25) is 0 Å². The zero-order valence-electron chi connectivity index (χ0n) is 28.3. The van der Waals surface area contributed by atoms with Crippen molar-refractivity contribution in [2.24, 2.45) is 0 Å². The van der Waals surface area contributed by atoms with Crippen LogP contribution in [0.4, 0.5) is 0 Å². The van der Waals surface area contributed by atoms with E-state index in [-0.39, 0.29) is 24.2 Å². The lowest BCUT2D eigenvalue weighted by molar-refractivity contribution is 0.669. The van der Waals surface area contributed by atoms with E-state index in [1.165, 1.54) is 0 Å². The molecule has 8 aromatic carbocycles. The van der Waals surface area contributed by atoms with Gasteiger partial charge in [0.15, 0.2) is 0 Å². The van der Waals surface area contributed by atoms with Crippen LogP contribution in [0.3, 0.4) is 0 Å². The van der Waals surface area contributed by atoms with Crippen LogP contribution >= 0.6 is 0 Å². The Labute approximate surface area is 267 Å². The van der Waals surface area contributed by atoms with Crippen molar-refractivity contribution in [1.82, 2.24) is 0 Å². The number of rotatable bonds is 4. The van der Waals surface area contributed by atoms with E-state index >= 15 is 0 Å². The van der Waals surface area contributed by atoms with Gasteiger partial charge >= 0.3 is 0 Å². The zero-order valence-corrected chi connectivity index (χ0v) is 24.3. The first-order valence-corrected chi connectivity index (χ1v) is 15.1. The topological polar surface area (TPSA) is 13.1 Å². The summed E-state index contributed by atoms with van der Waals surface area (Å²) in [5.74, 6) is 0. The fourth-order valence-electron chi connectivity index (χ4n) is 6.86. The smallest absolute Gasteiger partial charge is 0.135 e. The van der Waals surface area contributed by atoms with Crippen LogP contribution in [0.25, 0.3) is 88.0 Å². The molecule has 0 saturated carbocycles. The van der Waals surface area contributed by atoms with Crippen LogP contribution in [0.5, 0.6) is 0 Å². The van der Waals surface area contributed by atoms with Crippen molar-refractivity contribution in [1.29, 1.82) is 0 Å². The van der Waals surface area contributed by atoms with E-state index < -0.39 is 0 Å². The molecule has 0 aliphatic heterocycles. The Morgan fingerprint density at radius 2 is 0.889 bits per heavy atom. The third kappa shape index (κ3) is 4.09. The Kier molecular flexibility index (Phi) is 5.00. The predicted molar refractivity (Wildman–Crippen MR) is 190 cm³/mol. The maximum atomic E-state index is 9.51. The summed E-state index contributed by atoms with van der Waals surface area (Å²) in [6, 6.07) is 48.3. The molecular weight excluding hydrogens is 544 g/mol. The first-order chi connectivity index (χ1) is 24.0. The SMILES string of the molecule is [2H]c1c([2H])c([2H])c2c(-c3c(-c4ccccc4)cccc3-c3ccccc3)c3ccccc3c(-c3ccc4oc5ccccc5c4c3)c2c1[2H]. The van der Waals surface area contributed by atoms with Gasteiger partial charge in [0.1, 0.15) is 11.2 Å². The van der Waals surface area contributed by atoms with Crippen molar-refractivity contribution < 1.29 is 9.90 Å². The van der Waals surface area contributed by atoms with Crippen LogP contribution in [0.15, 0.2) is 174 Å². The van der Waals surface area contributed by atoms with E-state index in [0.717, 1.165) is 77.2 Å². The monoisotopic (exact) mass is 576 g/mol. The molecule has 0 atom stereocenters. The Balaban J connectivity index is 1.51. The van der Waals surface area contributed by atoms with Gasteiger partial charge in [0.05, 0.1) is 5.48 Å². The number of fused-ring (bicyclic) bond motifs is 5. The van der Waals surface area contributed by atoms with E-state index in [9.17, 15) is 2.74 Å². The molecule has 0 unspecified atom stereocenters. The fourth-order valence-corrected chi connectivity index (χ4v) is 6.86. The first-order valence-electron chi connectivity index (χ1n) is 17.1. The standard InChI is InChI=1S/C44H28O/c1-3-14-29(15-4-1)32-23-13-24-33(30-16-5-2-6-17-30)43(32)44-37-21-9-7-19-35(37)42(36-20-8-10-22-38(36)44)31-26-27-41-39(28-31)34-18-11-12-25-40(34)45-41/h1-28H/i7D,9D,19D,21D. The van der Waals surface area contributed by atoms with Crippen molar-refractivity contribution >= 4 is 43.5 Å². The Hall–Kier alpha value is -5.92. The summed E-state index contributed by atoms with van der Waals surface area (Å²) >= 11 is 0. The maximum Gasteiger partial charge on any atom is 0.135 e. The van der Waals surface area contributed by atoms with Gasteiger partial charge in [0.25, 0.3) is 0 Å². The summed E-state index contributed by atoms with van der Waals surface area (Å²) < 4.78 is 42.9. The molecule has 1 aromatic heterocycles. The van der Waals surface area contributed by atoms with Crippen molar-refractivity contribution in [3.63, 3.8) is 0 Å². The quantitative estimate of drug-likeness (QED) is 0.190. The molecule has 0 N–H and O–H groups in total. The third-order valence-corrected chi connectivity index (χ3v) is 8.80. The molecule has 0 aliphatic rings. The van der Waals surface area contributed by atoms with Crippen LogP contribution in [-0.4, -0.2) is 0 Å². The summed E-state index contributed by atoms with van der Waals surface area (Å²) in [4.78, 5) is 0. The highest BCUT2D eigenvalue weighted by Gasteiger charge is 2.22. The van der Waals surface area contributed by atoms with E-state index in [4.69, 9.17) is 7.16 Å². The van der Waals surface area contributed by atoms with Crippen LogP contribution < -0.4 is 0 Å². The lowest BCUT2D eigenvalue weighted by atomic mass is 9.81. The van der Waals surface area contributed by atoms with Gasteiger partial charge in [0.2, 0.25) is 0 Å². The van der Waals surface area contributed by atoms with Crippen LogP contribution in [-0.2, 0) is 0 Å². The summed E-state index contributed by atoms with van der Waals surface area (Å²) in [5.41, 5.74) is 8.92. The van der Waals surface area contributed by atoms with Gasteiger partial charge in [-0.05, 0) is 84.3 Å². The molecule has 210 valence electrons. The Morgan fingerprint density at radius 1 is 0.356 bits per heavy atom. The van der Waals surface area contributed by atoms with Gasteiger partial charge in [-0.15, -0.1) is 0 Å². The molecule has 0 saturated heterocycles. The first kappa shape index (κ1) is 21.7. The average Bonchev–Trinajstić information content (AvgIpc) is 3.53. The molecular formula is C44H28O. The largest absolute Gasteiger partial charge is 0.456 e. The van der Waals surface area contributed by atoms with Crippen LogP contribution in [0, 0.1) is 0 Å². The van der Waals surface area contributed by atoms with E-state index in [1.54, 1.807) is 0 Å². The number of hydrogen-bond donors (Lipinski definition) is 0. The molecule has 1 heterocycles. The molecule has 9 rings (SSSR count). The zero-order chi connectivity index (χ0) is 33.2.